The summed E-state index contributed by atoms with van der Waals surface area (Å²) in [7, 11) is -3.92. The molecule has 1 atom stereocenters. The highest BCUT2D eigenvalue weighted by Crippen LogP contribution is 2.42. The van der Waals surface area contributed by atoms with Crippen LogP contribution in [0.4, 0.5) is 5.69 Å². The number of fused-ring (bicyclic) bond motifs is 1. The molecule has 5 N–H and O–H groups in total. The van der Waals surface area contributed by atoms with Gasteiger partial charge in [-0.2, -0.15) is 4.31 Å². The fourth-order valence-corrected chi connectivity index (χ4v) is 7.04. The molecule has 2 aliphatic heterocycles. The van der Waals surface area contributed by atoms with E-state index in [0.717, 1.165) is 22.6 Å². The average molecular weight is 552 g/mol. The zero-order valence-corrected chi connectivity index (χ0v) is 22.8. The standard InChI is InChI=1S/C24H30N4O7S2/c1-6-28(7-2)37(32,33)23-19(29)14(11-36-23)25-17-18(22(31)27-21(17)30)26-20(24(3,4)5)13-8-9-15-16(10-13)35-12-34-15/h8-11,20,29H,6-7,12H2,1-5H3,(H3,25,26,27,30,31)/p+1/t20-/m0/s1. The molecule has 1 aromatic heterocycles. The highest BCUT2D eigenvalue weighted by Gasteiger charge is 2.37. The van der Waals surface area contributed by atoms with E-state index in [1.54, 1.807) is 13.8 Å². The van der Waals surface area contributed by atoms with Gasteiger partial charge in [-0.15, -0.1) is 11.3 Å². The number of benzene rings is 1. The molecule has 0 fully saturated rings. The number of rotatable bonds is 9. The first kappa shape index (κ1) is 26.8. The van der Waals surface area contributed by atoms with E-state index in [1.165, 1.54) is 9.69 Å². The maximum absolute atomic E-state index is 12.9. The van der Waals surface area contributed by atoms with Crippen LogP contribution in [0, 0.1) is 5.41 Å². The Bertz CT molecular complexity index is 1370. The molecule has 2 amide bonds. The largest absolute Gasteiger partial charge is 0.551 e. The molecule has 0 spiro atoms. The first-order valence-corrected chi connectivity index (χ1v) is 14.1. The molecule has 4 rings (SSSR count). The summed E-state index contributed by atoms with van der Waals surface area (Å²) >= 11 is 0.831. The minimum Gasteiger partial charge on any atom is -0.551 e. The van der Waals surface area contributed by atoms with Gasteiger partial charge in [0.2, 0.25) is 5.75 Å². The van der Waals surface area contributed by atoms with Gasteiger partial charge in [-0.25, -0.2) is 8.42 Å². The SMILES string of the molecule is CCN(CC)S(=O)(=O)c1scc(NC2=C(N[C@@H](c3ccc4c(c3)OC[OH+]4)C(C)(C)C)C(=O)NC2=O)c1O. The van der Waals surface area contributed by atoms with Crippen molar-refractivity contribution in [3.8, 4) is 17.2 Å². The lowest BCUT2D eigenvalue weighted by atomic mass is 9.82. The number of ether oxygens (including phenoxy) is 2. The number of carbonyl (C=O) groups is 2. The Morgan fingerprint density at radius 1 is 1.19 bits per heavy atom. The highest BCUT2D eigenvalue weighted by atomic mass is 32.2. The van der Waals surface area contributed by atoms with Crippen LogP contribution < -0.4 is 20.7 Å². The van der Waals surface area contributed by atoms with Crippen LogP contribution in [0.2, 0.25) is 0 Å². The van der Waals surface area contributed by atoms with E-state index in [2.05, 4.69) is 20.7 Å². The van der Waals surface area contributed by atoms with Gasteiger partial charge in [-0.05, 0) is 23.1 Å². The molecular formula is C24H31N4O7S2+. The minimum atomic E-state index is -3.92. The second-order valence-corrected chi connectivity index (χ2v) is 12.6. The number of nitrogens with one attached hydrogen (secondary N) is 3. The summed E-state index contributed by atoms with van der Waals surface area (Å²) in [4.78, 5) is 25.5. The van der Waals surface area contributed by atoms with Crippen molar-refractivity contribution in [1.82, 2.24) is 14.9 Å². The van der Waals surface area contributed by atoms with E-state index >= 15 is 0 Å². The molecule has 0 radical (unpaired) electrons. The first-order valence-electron chi connectivity index (χ1n) is 11.8. The summed E-state index contributed by atoms with van der Waals surface area (Å²) in [5.74, 6) is -0.467. The Balaban J connectivity index is 1.69. The molecule has 2 aliphatic rings. The molecule has 0 saturated heterocycles. The molecule has 0 bridgehead atoms. The van der Waals surface area contributed by atoms with Crippen LogP contribution in [0.3, 0.4) is 0 Å². The summed E-state index contributed by atoms with van der Waals surface area (Å²) in [5.41, 5.74) is 0.299. The van der Waals surface area contributed by atoms with Crippen molar-refractivity contribution in [2.75, 3.05) is 25.2 Å². The first-order chi connectivity index (χ1) is 17.4. The summed E-state index contributed by atoms with van der Waals surface area (Å²) in [6.07, 6.45) is 0. The summed E-state index contributed by atoms with van der Waals surface area (Å²) in [5, 5.41) is 20.4. The van der Waals surface area contributed by atoms with E-state index < -0.39 is 39.0 Å². The van der Waals surface area contributed by atoms with Gasteiger partial charge in [0.15, 0.2) is 9.96 Å². The monoisotopic (exact) mass is 551 g/mol. The lowest BCUT2D eigenvalue weighted by Crippen LogP contribution is -2.35. The third kappa shape index (κ3) is 4.98. The number of carbonyl (C=O) groups excluding carboxylic acids is 2. The van der Waals surface area contributed by atoms with Crippen molar-refractivity contribution in [1.29, 1.82) is 0 Å². The fourth-order valence-electron chi connectivity index (χ4n) is 4.21. The van der Waals surface area contributed by atoms with Gasteiger partial charge >= 0.3 is 6.79 Å². The number of aromatic hydroxyl groups is 2. The summed E-state index contributed by atoms with van der Waals surface area (Å²) < 4.78 is 36.6. The summed E-state index contributed by atoms with van der Waals surface area (Å²) in [6, 6.07) is 5.16. The maximum Gasteiger partial charge on any atom is 0.327 e. The number of anilines is 1. The highest BCUT2D eigenvalue weighted by molar-refractivity contribution is 7.91. The smallest absolute Gasteiger partial charge is 0.327 e. The Morgan fingerprint density at radius 3 is 2.51 bits per heavy atom. The van der Waals surface area contributed by atoms with Crippen molar-refractivity contribution in [2.45, 2.75) is 44.9 Å². The Labute approximate surface area is 219 Å². The average Bonchev–Trinajstić information content (AvgIpc) is 3.50. The minimum absolute atomic E-state index is 0.00901. The van der Waals surface area contributed by atoms with E-state index in [1.807, 2.05) is 39.0 Å². The lowest BCUT2D eigenvalue weighted by Gasteiger charge is -2.33. The van der Waals surface area contributed by atoms with Crippen LogP contribution in [-0.2, 0) is 19.6 Å². The molecule has 37 heavy (non-hydrogen) atoms. The number of amides is 2. The van der Waals surface area contributed by atoms with Crippen LogP contribution in [0.5, 0.6) is 17.2 Å². The molecule has 11 nitrogen and oxygen atoms in total. The number of nitrogens with zero attached hydrogens (tertiary/aromatic N) is 1. The molecule has 0 saturated carbocycles. The molecule has 2 aromatic rings. The Kier molecular flexibility index (Phi) is 7.14. The molecule has 0 aliphatic carbocycles. The zero-order chi connectivity index (χ0) is 27.1. The predicted octanol–water partition coefficient (Wildman–Crippen LogP) is 2.73. The van der Waals surface area contributed by atoms with Gasteiger partial charge < -0.3 is 25.2 Å². The molecule has 13 heteroatoms. The van der Waals surface area contributed by atoms with E-state index in [0.29, 0.717) is 5.75 Å². The molecule has 1 aromatic carbocycles. The number of hydrogen-bond donors (Lipinski definition) is 4. The van der Waals surface area contributed by atoms with Crippen molar-refractivity contribution in [3.05, 3.63) is 40.5 Å². The van der Waals surface area contributed by atoms with Crippen LogP contribution in [0.25, 0.3) is 0 Å². The number of aliphatic hydroxyl groups is 1. The third-order valence-electron chi connectivity index (χ3n) is 6.13. The molecule has 200 valence electrons. The molecule has 3 heterocycles. The van der Waals surface area contributed by atoms with Gasteiger partial charge in [0, 0.05) is 24.5 Å². The Hall–Kier alpha value is -3.29. The number of sulfonamides is 1. The second kappa shape index (κ2) is 9.88. The Morgan fingerprint density at radius 2 is 1.86 bits per heavy atom. The quantitative estimate of drug-likeness (QED) is 0.275. The summed E-state index contributed by atoms with van der Waals surface area (Å²) in [6.45, 7) is 10.1. The fraction of sp³-hybridized carbons (Fsp3) is 0.417. The normalized spacial score (nSPS) is 16.4. The third-order valence-corrected chi connectivity index (χ3v) is 9.67. The van der Waals surface area contributed by atoms with E-state index in [4.69, 9.17) is 4.74 Å². The van der Waals surface area contributed by atoms with Crippen molar-refractivity contribution >= 4 is 38.9 Å². The van der Waals surface area contributed by atoms with Crippen molar-refractivity contribution < 1.29 is 32.6 Å². The molecule has 0 unspecified atom stereocenters. The van der Waals surface area contributed by atoms with Crippen LogP contribution in [-0.4, -0.2) is 54.3 Å². The van der Waals surface area contributed by atoms with Crippen LogP contribution >= 0.6 is 11.3 Å². The predicted molar refractivity (Wildman–Crippen MR) is 139 cm³/mol. The van der Waals surface area contributed by atoms with Gasteiger partial charge in [-0.3, -0.25) is 14.9 Å². The van der Waals surface area contributed by atoms with E-state index in [9.17, 15) is 23.1 Å². The number of imide groups is 1. The van der Waals surface area contributed by atoms with Crippen LogP contribution in [0.1, 0.15) is 46.2 Å². The second-order valence-electron chi connectivity index (χ2n) is 9.64. The number of hydrogen-bond acceptors (Lipinski definition) is 9. The van der Waals surface area contributed by atoms with Gasteiger partial charge in [0.05, 0.1) is 11.7 Å². The van der Waals surface area contributed by atoms with Crippen molar-refractivity contribution in [2.24, 2.45) is 5.41 Å². The lowest BCUT2D eigenvalue weighted by molar-refractivity contribution is -0.124. The topological polar surface area (TPSA) is 150 Å². The molecular weight excluding hydrogens is 520 g/mol. The van der Waals surface area contributed by atoms with Gasteiger partial charge in [0.25, 0.3) is 27.6 Å². The maximum atomic E-state index is 12.9. The zero-order valence-electron chi connectivity index (χ0n) is 21.2. The van der Waals surface area contributed by atoms with Crippen molar-refractivity contribution in [3.63, 3.8) is 0 Å². The van der Waals surface area contributed by atoms with Gasteiger partial charge in [-0.1, -0.05) is 34.6 Å². The number of thiophene rings is 1. The van der Waals surface area contributed by atoms with E-state index in [-0.39, 0.29) is 41.2 Å². The van der Waals surface area contributed by atoms with Crippen LogP contribution in [0.15, 0.2) is 39.2 Å². The van der Waals surface area contributed by atoms with Gasteiger partial charge in [0.1, 0.15) is 11.4 Å².